The fourth-order valence-electron chi connectivity index (χ4n) is 7.24. The third kappa shape index (κ3) is 40.1. The van der Waals surface area contributed by atoms with E-state index in [0.29, 0.717) is 0 Å². The minimum Gasteiger partial charge on any atom is -0.303 e. The monoisotopic (exact) mass is 648 g/mol. The molecule has 0 heterocycles. The Balaban J connectivity index is 3.95. The summed E-state index contributed by atoms with van der Waals surface area (Å²) >= 11 is 0. The molecule has 0 aromatic carbocycles. The van der Waals surface area contributed by atoms with Gasteiger partial charge >= 0.3 is 0 Å². The Bertz CT molecular complexity index is 461. The zero-order valence-corrected chi connectivity index (χ0v) is 33.6. The molecule has 0 unspecified atom stereocenters. The summed E-state index contributed by atoms with van der Waals surface area (Å²) in [7, 11) is 0. The molecule has 46 heavy (non-hydrogen) atoms. The zero-order chi connectivity index (χ0) is 33.8. The lowest BCUT2D eigenvalue weighted by atomic mass is 10.0. The molecule has 1 heteroatoms. The van der Waals surface area contributed by atoms with Crippen molar-refractivity contribution in [2.45, 2.75) is 253 Å². The average Bonchev–Trinajstić information content (AvgIpc) is 3.01. The first-order chi connectivity index (χ1) is 22.4. The van der Waals surface area contributed by atoms with Gasteiger partial charge in [0.1, 0.15) is 0 Å². The molecule has 0 N–H and O–H groups in total. The van der Waals surface area contributed by atoms with Crippen LogP contribution in [0, 0.1) is 17.8 Å². The van der Waals surface area contributed by atoms with Gasteiger partial charge in [0.15, 0.2) is 0 Å². The van der Waals surface area contributed by atoms with Crippen LogP contribution in [0.2, 0.25) is 0 Å². The van der Waals surface area contributed by atoms with Crippen LogP contribution in [0.1, 0.15) is 253 Å². The summed E-state index contributed by atoms with van der Waals surface area (Å²) in [6, 6.07) is 0. The maximum absolute atomic E-state index is 2.87. The van der Waals surface area contributed by atoms with Crippen molar-refractivity contribution in [1.82, 2.24) is 4.90 Å². The predicted octanol–water partition coefficient (Wildman–Crippen LogP) is 16.1. The minimum absolute atomic E-state index is 0.888. The zero-order valence-electron chi connectivity index (χ0n) is 33.6. The smallest absolute Gasteiger partial charge is 0.00187 e. The molecule has 0 spiro atoms. The van der Waals surface area contributed by atoms with Gasteiger partial charge in [-0.05, 0) is 56.7 Å². The van der Waals surface area contributed by atoms with Crippen molar-refractivity contribution in [1.29, 1.82) is 0 Å². The van der Waals surface area contributed by atoms with Crippen molar-refractivity contribution in [3.05, 3.63) is 0 Å². The highest BCUT2D eigenvalue weighted by atomic mass is 15.1. The Kier molecular flexibility index (Phi) is 37.7. The van der Waals surface area contributed by atoms with Crippen LogP contribution < -0.4 is 0 Å². The Hall–Kier alpha value is -0.0400. The molecule has 0 aliphatic carbocycles. The van der Waals surface area contributed by atoms with Crippen molar-refractivity contribution >= 4 is 0 Å². The number of rotatable bonds is 39. The standard InChI is InChI=1S/C45H93N/c1-43(2)37-31-25-19-13-7-10-16-22-28-34-40-46(41-35-29-23-17-11-8-14-20-26-32-38-44(3)4)42-36-30-24-18-12-9-15-21-27-33-39-45(5)6/h43-45H,7-42H2,1-6H3. The van der Waals surface area contributed by atoms with E-state index < -0.39 is 0 Å². The van der Waals surface area contributed by atoms with Gasteiger partial charge < -0.3 is 4.90 Å². The molecule has 0 aliphatic heterocycles. The third-order valence-electron chi connectivity index (χ3n) is 10.5. The second kappa shape index (κ2) is 37.8. The van der Waals surface area contributed by atoms with Gasteiger partial charge in [-0.2, -0.15) is 0 Å². The van der Waals surface area contributed by atoms with E-state index in [1.54, 1.807) is 0 Å². The lowest BCUT2D eigenvalue weighted by Crippen LogP contribution is -2.27. The fourth-order valence-corrected chi connectivity index (χ4v) is 7.24. The highest BCUT2D eigenvalue weighted by Gasteiger charge is 2.06. The lowest BCUT2D eigenvalue weighted by molar-refractivity contribution is 0.254. The first-order valence-corrected chi connectivity index (χ1v) is 22.1. The van der Waals surface area contributed by atoms with Gasteiger partial charge in [0.05, 0.1) is 0 Å². The van der Waals surface area contributed by atoms with E-state index in [2.05, 4.69) is 46.4 Å². The first-order valence-electron chi connectivity index (χ1n) is 22.1. The second-order valence-corrected chi connectivity index (χ2v) is 17.0. The van der Waals surface area contributed by atoms with Gasteiger partial charge in [-0.3, -0.25) is 0 Å². The summed E-state index contributed by atoms with van der Waals surface area (Å²) in [5.74, 6) is 2.66. The van der Waals surface area contributed by atoms with Gasteiger partial charge in [0.2, 0.25) is 0 Å². The molecule has 0 amide bonds. The summed E-state index contributed by atoms with van der Waals surface area (Å²) in [4.78, 5) is 2.87. The summed E-state index contributed by atoms with van der Waals surface area (Å²) in [5, 5.41) is 0. The normalized spacial score (nSPS) is 12.1. The molecular weight excluding hydrogens is 555 g/mol. The van der Waals surface area contributed by atoms with Crippen LogP contribution in [0.15, 0.2) is 0 Å². The topological polar surface area (TPSA) is 3.24 Å². The Morgan fingerprint density at radius 2 is 0.370 bits per heavy atom. The molecule has 0 aromatic heterocycles. The molecule has 0 rings (SSSR count). The molecule has 0 radical (unpaired) electrons. The van der Waals surface area contributed by atoms with Crippen molar-refractivity contribution in [2.75, 3.05) is 19.6 Å². The van der Waals surface area contributed by atoms with Crippen molar-refractivity contribution in [3.63, 3.8) is 0 Å². The van der Waals surface area contributed by atoms with E-state index in [1.807, 2.05) is 0 Å². The molecule has 0 aliphatic rings. The van der Waals surface area contributed by atoms with Crippen LogP contribution in [0.5, 0.6) is 0 Å². The molecule has 0 atom stereocenters. The fraction of sp³-hybridized carbons (Fsp3) is 1.00. The Morgan fingerprint density at radius 1 is 0.217 bits per heavy atom. The van der Waals surface area contributed by atoms with E-state index in [9.17, 15) is 0 Å². The van der Waals surface area contributed by atoms with Crippen LogP contribution in [-0.2, 0) is 0 Å². The quantitative estimate of drug-likeness (QED) is 0.0600. The molecule has 1 nitrogen and oxygen atoms in total. The van der Waals surface area contributed by atoms with Crippen LogP contribution in [-0.4, -0.2) is 24.5 Å². The van der Waals surface area contributed by atoms with E-state index in [1.165, 1.54) is 232 Å². The molecule has 0 fully saturated rings. The summed E-state index contributed by atoms with van der Waals surface area (Å²) in [5.41, 5.74) is 0. The maximum Gasteiger partial charge on any atom is -0.00187 e. The van der Waals surface area contributed by atoms with Gasteiger partial charge in [-0.1, -0.05) is 234 Å². The number of nitrogens with zero attached hydrogens (tertiary/aromatic N) is 1. The summed E-state index contributed by atoms with van der Waals surface area (Å²) < 4.78 is 0. The summed E-state index contributed by atoms with van der Waals surface area (Å²) in [6.07, 6.45) is 48.2. The SMILES string of the molecule is CC(C)CCCCCCCCCCCCN(CCCCCCCCCCCCC(C)C)CCCCCCCCCCCCC(C)C. The van der Waals surface area contributed by atoms with Crippen LogP contribution in [0.3, 0.4) is 0 Å². The van der Waals surface area contributed by atoms with Gasteiger partial charge in [-0.15, -0.1) is 0 Å². The maximum atomic E-state index is 2.87. The van der Waals surface area contributed by atoms with Crippen molar-refractivity contribution in [2.24, 2.45) is 17.8 Å². The largest absolute Gasteiger partial charge is 0.303 e. The first kappa shape index (κ1) is 46.0. The molecule has 278 valence electrons. The highest BCUT2D eigenvalue weighted by Crippen LogP contribution is 2.17. The number of unbranched alkanes of at least 4 members (excludes halogenated alkanes) is 27. The van der Waals surface area contributed by atoms with Gasteiger partial charge in [0.25, 0.3) is 0 Å². The van der Waals surface area contributed by atoms with Gasteiger partial charge in [-0.25, -0.2) is 0 Å². The third-order valence-corrected chi connectivity index (χ3v) is 10.5. The molecule has 0 saturated heterocycles. The molecule has 0 aromatic rings. The Labute approximate surface area is 295 Å². The molecular formula is C45H93N. The Morgan fingerprint density at radius 3 is 0.543 bits per heavy atom. The number of hydrogen-bond acceptors (Lipinski definition) is 1. The average molecular weight is 648 g/mol. The van der Waals surface area contributed by atoms with Gasteiger partial charge in [0, 0.05) is 0 Å². The summed E-state index contributed by atoms with van der Waals surface area (Å²) in [6.45, 7) is 18.3. The van der Waals surface area contributed by atoms with Crippen LogP contribution in [0.25, 0.3) is 0 Å². The van der Waals surface area contributed by atoms with E-state index in [0.717, 1.165) is 17.8 Å². The van der Waals surface area contributed by atoms with E-state index >= 15 is 0 Å². The number of hydrogen-bond donors (Lipinski definition) is 0. The second-order valence-electron chi connectivity index (χ2n) is 17.0. The van der Waals surface area contributed by atoms with E-state index in [4.69, 9.17) is 0 Å². The predicted molar refractivity (Wildman–Crippen MR) is 213 cm³/mol. The van der Waals surface area contributed by atoms with Crippen LogP contribution in [0.4, 0.5) is 0 Å². The lowest BCUT2D eigenvalue weighted by Gasteiger charge is -2.22. The van der Waals surface area contributed by atoms with Crippen molar-refractivity contribution in [3.8, 4) is 0 Å². The van der Waals surface area contributed by atoms with E-state index in [-0.39, 0.29) is 0 Å². The highest BCUT2D eigenvalue weighted by molar-refractivity contribution is 4.61. The van der Waals surface area contributed by atoms with Crippen molar-refractivity contribution < 1.29 is 0 Å². The molecule has 0 saturated carbocycles. The minimum atomic E-state index is 0.888. The molecule has 0 bridgehead atoms. The van der Waals surface area contributed by atoms with Crippen LogP contribution >= 0.6 is 0 Å².